The summed E-state index contributed by atoms with van der Waals surface area (Å²) in [4.78, 5) is 11.7. The SMILES string of the molecule is C[Si](C)(C)CCOC(=O)CS(=O)(=O)c1ccccc1. The van der Waals surface area contributed by atoms with Crippen molar-refractivity contribution >= 4 is 23.9 Å². The topological polar surface area (TPSA) is 60.4 Å². The van der Waals surface area contributed by atoms with E-state index in [0.717, 1.165) is 6.04 Å². The van der Waals surface area contributed by atoms with Gasteiger partial charge in [0.05, 0.1) is 11.5 Å². The fourth-order valence-electron chi connectivity index (χ4n) is 1.38. The van der Waals surface area contributed by atoms with E-state index in [-0.39, 0.29) is 4.90 Å². The molecule has 0 saturated heterocycles. The quantitative estimate of drug-likeness (QED) is 0.597. The van der Waals surface area contributed by atoms with Crippen LogP contribution in [0.5, 0.6) is 0 Å². The van der Waals surface area contributed by atoms with Gasteiger partial charge in [0.1, 0.15) is 0 Å². The van der Waals surface area contributed by atoms with E-state index in [2.05, 4.69) is 19.6 Å². The molecule has 6 heteroatoms. The summed E-state index contributed by atoms with van der Waals surface area (Å²) in [7, 11) is -4.86. The molecule has 0 aliphatic heterocycles. The number of ether oxygens (including phenoxy) is 1. The van der Waals surface area contributed by atoms with Crippen molar-refractivity contribution in [2.75, 3.05) is 12.4 Å². The smallest absolute Gasteiger partial charge is 0.321 e. The van der Waals surface area contributed by atoms with Gasteiger partial charge >= 0.3 is 5.97 Å². The molecule has 0 bridgehead atoms. The van der Waals surface area contributed by atoms with E-state index in [0.29, 0.717) is 6.61 Å². The number of benzene rings is 1. The zero-order valence-corrected chi connectivity index (χ0v) is 13.4. The molecule has 0 heterocycles. The minimum absolute atomic E-state index is 0.150. The fourth-order valence-corrected chi connectivity index (χ4v) is 3.23. The lowest BCUT2D eigenvalue weighted by atomic mass is 10.4. The van der Waals surface area contributed by atoms with Crippen LogP contribution in [-0.2, 0) is 19.4 Å². The highest BCUT2D eigenvalue weighted by Gasteiger charge is 2.21. The maximum absolute atomic E-state index is 11.9. The van der Waals surface area contributed by atoms with E-state index in [1.54, 1.807) is 18.2 Å². The van der Waals surface area contributed by atoms with Crippen molar-refractivity contribution < 1.29 is 17.9 Å². The van der Waals surface area contributed by atoms with Crippen LogP contribution in [0.2, 0.25) is 25.7 Å². The fraction of sp³-hybridized carbons (Fsp3) is 0.462. The van der Waals surface area contributed by atoms with Crippen LogP contribution in [-0.4, -0.2) is 34.8 Å². The number of hydrogen-bond donors (Lipinski definition) is 0. The van der Waals surface area contributed by atoms with Gasteiger partial charge in [0, 0.05) is 8.07 Å². The summed E-state index contributed by atoms with van der Waals surface area (Å²) in [6.07, 6.45) is 0. The second-order valence-electron chi connectivity index (χ2n) is 5.60. The molecule has 0 radical (unpaired) electrons. The average molecular weight is 300 g/mol. The number of carbonyl (C=O) groups is 1. The van der Waals surface area contributed by atoms with Crippen molar-refractivity contribution in [1.82, 2.24) is 0 Å². The maximum Gasteiger partial charge on any atom is 0.321 e. The zero-order valence-electron chi connectivity index (χ0n) is 11.5. The largest absolute Gasteiger partial charge is 0.465 e. The first-order valence-electron chi connectivity index (χ1n) is 6.14. The van der Waals surface area contributed by atoms with Crippen LogP contribution in [0.4, 0.5) is 0 Å². The number of esters is 1. The van der Waals surface area contributed by atoms with Crippen LogP contribution < -0.4 is 0 Å². The second kappa shape index (κ2) is 6.34. The summed E-state index contributed by atoms with van der Waals surface area (Å²) in [6, 6.07) is 8.78. The third-order valence-corrected chi connectivity index (χ3v) is 5.84. The second-order valence-corrected chi connectivity index (χ2v) is 13.2. The molecule has 19 heavy (non-hydrogen) atoms. The van der Waals surface area contributed by atoms with Crippen LogP contribution in [0.1, 0.15) is 0 Å². The Labute approximate surface area is 115 Å². The van der Waals surface area contributed by atoms with E-state index < -0.39 is 29.6 Å². The van der Waals surface area contributed by atoms with E-state index in [4.69, 9.17) is 4.74 Å². The summed E-state index contributed by atoms with van der Waals surface area (Å²) in [5.74, 6) is -1.27. The van der Waals surface area contributed by atoms with Gasteiger partial charge in [-0.25, -0.2) is 8.42 Å². The van der Waals surface area contributed by atoms with Crippen LogP contribution in [0, 0.1) is 0 Å². The summed E-state index contributed by atoms with van der Waals surface area (Å²) < 4.78 is 28.8. The molecule has 0 aliphatic rings. The van der Waals surface area contributed by atoms with Crippen molar-refractivity contribution in [1.29, 1.82) is 0 Å². The van der Waals surface area contributed by atoms with Gasteiger partial charge in [-0.05, 0) is 18.2 Å². The predicted molar refractivity (Wildman–Crippen MR) is 77.6 cm³/mol. The number of hydrogen-bond acceptors (Lipinski definition) is 4. The van der Waals surface area contributed by atoms with Crippen LogP contribution in [0.25, 0.3) is 0 Å². The lowest BCUT2D eigenvalue weighted by Gasteiger charge is -2.15. The molecule has 0 unspecified atom stereocenters. The first-order chi connectivity index (χ1) is 8.71. The number of sulfone groups is 1. The monoisotopic (exact) mass is 300 g/mol. The Morgan fingerprint density at radius 1 is 1.16 bits per heavy atom. The molecule has 0 amide bonds. The third-order valence-electron chi connectivity index (χ3n) is 2.53. The van der Waals surface area contributed by atoms with Crippen molar-refractivity contribution in [3.05, 3.63) is 30.3 Å². The predicted octanol–water partition coefficient (Wildman–Crippen LogP) is 2.34. The number of carbonyl (C=O) groups excluding carboxylic acids is 1. The standard InChI is InChI=1S/C13H20O4SSi/c1-19(2,3)10-9-17-13(14)11-18(15,16)12-7-5-4-6-8-12/h4-8H,9-11H2,1-3H3. The molecule has 106 valence electrons. The maximum atomic E-state index is 11.9. The summed E-state index contributed by atoms with van der Waals surface area (Å²) >= 11 is 0. The number of rotatable bonds is 6. The van der Waals surface area contributed by atoms with Gasteiger partial charge in [0.2, 0.25) is 0 Å². The Morgan fingerprint density at radius 2 is 1.74 bits per heavy atom. The van der Waals surface area contributed by atoms with Crippen LogP contribution in [0.15, 0.2) is 35.2 Å². The van der Waals surface area contributed by atoms with Gasteiger partial charge in [-0.2, -0.15) is 0 Å². The van der Waals surface area contributed by atoms with Gasteiger partial charge < -0.3 is 4.74 Å². The molecule has 0 aliphatic carbocycles. The molecule has 0 atom stereocenters. The Bertz CT molecular complexity index is 517. The van der Waals surface area contributed by atoms with Gasteiger partial charge in [-0.1, -0.05) is 37.8 Å². The lowest BCUT2D eigenvalue weighted by molar-refractivity contribution is -0.139. The molecule has 0 fully saturated rings. The lowest BCUT2D eigenvalue weighted by Crippen LogP contribution is -2.25. The van der Waals surface area contributed by atoms with Gasteiger partial charge in [-0.15, -0.1) is 0 Å². The first-order valence-corrected chi connectivity index (χ1v) is 11.5. The van der Waals surface area contributed by atoms with Gasteiger partial charge in [0.15, 0.2) is 15.6 Å². The molecular formula is C13H20O4SSi. The molecule has 0 N–H and O–H groups in total. The zero-order chi connectivity index (χ0) is 14.5. The first kappa shape index (κ1) is 15.9. The highest BCUT2D eigenvalue weighted by Crippen LogP contribution is 2.11. The van der Waals surface area contributed by atoms with Crippen molar-refractivity contribution in [2.45, 2.75) is 30.6 Å². The Hall–Kier alpha value is -1.14. The summed E-state index contributed by atoms with van der Waals surface area (Å²) in [5, 5.41) is 0. The molecule has 1 aromatic rings. The highest BCUT2D eigenvalue weighted by atomic mass is 32.2. The van der Waals surface area contributed by atoms with Gasteiger partial charge in [0.25, 0.3) is 0 Å². The summed E-state index contributed by atoms with van der Waals surface area (Å²) in [6.45, 7) is 6.81. The molecular weight excluding hydrogens is 280 g/mol. The third kappa shape index (κ3) is 6.02. The van der Waals surface area contributed by atoms with E-state index in [1.807, 2.05) is 0 Å². The molecule has 1 aromatic carbocycles. The van der Waals surface area contributed by atoms with E-state index >= 15 is 0 Å². The van der Waals surface area contributed by atoms with Crippen LogP contribution in [0.3, 0.4) is 0 Å². The molecule has 0 aromatic heterocycles. The van der Waals surface area contributed by atoms with Crippen molar-refractivity contribution in [3.8, 4) is 0 Å². The minimum atomic E-state index is -3.59. The van der Waals surface area contributed by atoms with Crippen molar-refractivity contribution in [2.24, 2.45) is 0 Å². The Morgan fingerprint density at radius 3 is 2.26 bits per heavy atom. The molecule has 1 rings (SSSR count). The Balaban J connectivity index is 2.53. The van der Waals surface area contributed by atoms with E-state index in [1.165, 1.54) is 12.1 Å². The van der Waals surface area contributed by atoms with Gasteiger partial charge in [-0.3, -0.25) is 4.79 Å². The average Bonchev–Trinajstić information content (AvgIpc) is 2.27. The molecule has 0 saturated carbocycles. The summed E-state index contributed by atoms with van der Waals surface area (Å²) in [5.41, 5.74) is 0. The normalized spacial score (nSPS) is 12.2. The molecule has 4 nitrogen and oxygen atoms in total. The molecule has 0 spiro atoms. The van der Waals surface area contributed by atoms with Crippen LogP contribution >= 0.6 is 0 Å². The highest BCUT2D eigenvalue weighted by molar-refractivity contribution is 7.92. The minimum Gasteiger partial charge on any atom is -0.465 e. The van der Waals surface area contributed by atoms with Crippen molar-refractivity contribution in [3.63, 3.8) is 0 Å². The van der Waals surface area contributed by atoms with E-state index in [9.17, 15) is 13.2 Å². The Kier molecular flexibility index (Phi) is 5.31.